The average molecular weight is 275 g/mol. The van der Waals surface area contributed by atoms with Gasteiger partial charge in [-0.2, -0.15) is 0 Å². The molecule has 1 aromatic carbocycles. The van der Waals surface area contributed by atoms with Gasteiger partial charge in [-0.1, -0.05) is 0 Å². The van der Waals surface area contributed by atoms with Gasteiger partial charge in [0.15, 0.2) is 0 Å². The molecule has 0 amide bonds. The predicted molar refractivity (Wildman–Crippen MR) is 76.9 cm³/mol. The van der Waals surface area contributed by atoms with Gasteiger partial charge in [-0.15, -0.1) is 0 Å². The molecule has 0 aliphatic rings. The molecule has 6 heteroatoms. The van der Waals surface area contributed by atoms with Gasteiger partial charge in [0.05, 0.1) is 6.61 Å². The Morgan fingerprint density at radius 1 is 1.10 bits per heavy atom. The van der Waals surface area contributed by atoms with E-state index in [1.165, 1.54) is 9.13 Å². The topological polar surface area (TPSA) is 79.2 Å². The van der Waals surface area contributed by atoms with Crippen molar-refractivity contribution in [3.63, 3.8) is 0 Å². The summed E-state index contributed by atoms with van der Waals surface area (Å²) in [6, 6.07) is 7.11. The molecule has 20 heavy (non-hydrogen) atoms. The van der Waals surface area contributed by atoms with E-state index in [1.54, 1.807) is 43.7 Å². The van der Waals surface area contributed by atoms with Crippen LogP contribution < -0.4 is 21.6 Å². The maximum Gasteiger partial charge on any atom is 0.316 e. The Hall–Kier alpha value is -2.50. The first-order valence-electron chi connectivity index (χ1n) is 6.32. The van der Waals surface area contributed by atoms with Crippen molar-refractivity contribution in [3.8, 4) is 5.75 Å². The van der Waals surface area contributed by atoms with E-state index in [0.717, 1.165) is 5.75 Å². The highest BCUT2D eigenvalue weighted by Crippen LogP contribution is 2.13. The third-order valence-corrected chi connectivity index (χ3v) is 2.93. The lowest BCUT2D eigenvalue weighted by atomic mass is 10.3. The van der Waals surface area contributed by atoms with E-state index in [1.807, 2.05) is 0 Å². The Labute approximate surface area is 116 Å². The molecule has 2 aromatic rings. The summed E-state index contributed by atoms with van der Waals surface area (Å²) in [5, 5.41) is 0. The summed E-state index contributed by atoms with van der Waals surface area (Å²) in [4.78, 5) is 23.1. The third-order valence-electron chi connectivity index (χ3n) is 2.93. The molecule has 106 valence electrons. The van der Waals surface area contributed by atoms with Crippen LogP contribution in [0.5, 0.6) is 5.75 Å². The Balaban J connectivity index is 1.88. The Bertz CT molecular complexity index is 686. The lowest BCUT2D eigenvalue weighted by molar-refractivity contribution is 0.300. The molecule has 0 aliphatic heterocycles. The average Bonchev–Trinajstić information content (AvgIpc) is 2.45. The fraction of sp³-hybridized carbons (Fsp3) is 0.286. The predicted octanol–water partition coefficient (Wildman–Crippen LogP) is 0.598. The van der Waals surface area contributed by atoms with Gasteiger partial charge in [0, 0.05) is 31.7 Å². The van der Waals surface area contributed by atoms with E-state index in [-0.39, 0.29) is 0 Å². The van der Waals surface area contributed by atoms with Gasteiger partial charge >= 0.3 is 11.1 Å². The van der Waals surface area contributed by atoms with Crippen LogP contribution in [0.2, 0.25) is 0 Å². The van der Waals surface area contributed by atoms with Crippen LogP contribution in [0, 0.1) is 0 Å². The van der Waals surface area contributed by atoms with Gasteiger partial charge in [0.2, 0.25) is 0 Å². The molecule has 0 spiro atoms. The lowest BCUT2D eigenvalue weighted by Crippen LogP contribution is -2.39. The molecular weight excluding hydrogens is 258 g/mol. The molecule has 0 fully saturated rings. The first kappa shape index (κ1) is 13.9. The van der Waals surface area contributed by atoms with Gasteiger partial charge in [0.1, 0.15) is 5.75 Å². The highest BCUT2D eigenvalue weighted by molar-refractivity contribution is 5.41. The van der Waals surface area contributed by atoms with E-state index in [2.05, 4.69) is 0 Å². The van der Waals surface area contributed by atoms with Crippen LogP contribution in [-0.4, -0.2) is 15.7 Å². The summed E-state index contributed by atoms with van der Waals surface area (Å²) >= 11 is 0. The van der Waals surface area contributed by atoms with Crippen LogP contribution in [-0.2, 0) is 13.6 Å². The van der Waals surface area contributed by atoms with Gasteiger partial charge in [-0.25, -0.2) is 0 Å². The summed E-state index contributed by atoms with van der Waals surface area (Å²) in [6.07, 6.45) is 3.81. The number of nitrogens with zero attached hydrogens (tertiary/aromatic N) is 2. The Kier molecular flexibility index (Phi) is 4.24. The fourth-order valence-electron chi connectivity index (χ4n) is 1.75. The number of benzene rings is 1. The second-order valence-electron chi connectivity index (χ2n) is 4.48. The van der Waals surface area contributed by atoms with Crippen LogP contribution in [0.15, 0.2) is 46.2 Å². The number of nitrogen functional groups attached to an aromatic ring is 1. The number of ether oxygens (including phenoxy) is 1. The summed E-state index contributed by atoms with van der Waals surface area (Å²) in [5.41, 5.74) is 5.23. The molecule has 0 bridgehead atoms. The van der Waals surface area contributed by atoms with Crippen molar-refractivity contribution < 1.29 is 4.74 Å². The van der Waals surface area contributed by atoms with Crippen LogP contribution in [0.25, 0.3) is 0 Å². The van der Waals surface area contributed by atoms with Gasteiger partial charge < -0.3 is 19.6 Å². The monoisotopic (exact) mass is 275 g/mol. The van der Waals surface area contributed by atoms with Crippen LogP contribution in [0.4, 0.5) is 5.69 Å². The standard InChI is InChI=1S/C14H17N3O3/c1-16-8-9-17(14(19)13(16)18)7-2-10-20-12-5-3-11(15)4-6-12/h3-6,8-9H,2,7,10,15H2,1H3. The second kappa shape index (κ2) is 6.10. The zero-order valence-electron chi connectivity index (χ0n) is 11.3. The number of anilines is 1. The normalized spacial score (nSPS) is 10.4. The van der Waals surface area contributed by atoms with Gasteiger partial charge in [-0.3, -0.25) is 9.59 Å². The molecule has 2 rings (SSSR count). The van der Waals surface area contributed by atoms with E-state index in [4.69, 9.17) is 10.5 Å². The quantitative estimate of drug-likeness (QED) is 0.492. The molecule has 0 aliphatic carbocycles. The molecule has 1 heterocycles. The van der Waals surface area contributed by atoms with E-state index in [0.29, 0.717) is 25.3 Å². The number of hydrogen-bond acceptors (Lipinski definition) is 4. The number of aromatic nitrogens is 2. The Morgan fingerprint density at radius 3 is 2.50 bits per heavy atom. The van der Waals surface area contributed by atoms with Crippen molar-refractivity contribution in [2.24, 2.45) is 7.05 Å². The first-order valence-corrected chi connectivity index (χ1v) is 6.32. The van der Waals surface area contributed by atoms with Crippen molar-refractivity contribution in [2.75, 3.05) is 12.3 Å². The van der Waals surface area contributed by atoms with Gasteiger partial charge in [-0.05, 0) is 30.7 Å². The minimum atomic E-state index is -0.521. The van der Waals surface area contributed by atoms with Crippen molar-refractivity contribution in [3.05, 3.63) is 57.4 Å². The zero-order chi connectivity index (χ0) is 14.5. The minimum Gasteiger partial charge on any atom is -0.494 e. The van der Waals surface area contributed by atoms with Crippen molar-refractivity contribution in [2.45, 2.75) is 13.0 Å². The molecular formula is C14H17N3O3. The first-order chi connectivity index (χ1) is 9.58. The summed E-state index contributed by atoms with van der Waals surface area (Å²) in [7, 11) is 1.55. The molecule has 0 radical (unpaired) electrons. The van der Waals surface area contributed by atoms with E-state index >= 15 is 0 Å². The van der Waals surface area contributed by atoms with Crippen molar-refractivity contribution in [1.29, 1.82) is 0 Å². The molecule has 0 unspecified atom stereocenters. The molecule has 0 saturated heterocycles. The van der Waals surface area contributed by atoms with E-state index in [9.17, 15) is 9.59 Å². The molecule has 0 saturated carbocycles. The summed E-state index contributed by atoms with van der Waals surface area (Å²) < 4.78 is 8.19. The molecule has 0 atom stereocenters. The highest BCUT2D eigenvalue weighted by atomic mass is 16.5. The Morgan fingerprint density at radius 2 is 1.80 bits per heavy atom. The number of aryl methyl sites for hydroxylation is 2. The maximum absolute atomic E-state index is 11.7. The van der Waals surface area contributed by atoms with Crippen LogP contribution in [0.3, 0.4) is 0 Å². The second-order valence-corrected chi connectivity index (χ2v) is 4.48. The zero-order valence-corrected chi connectivity index (χ0v) is 11.3. The van der Waals surface area contributed by atoms with E-state index < -0.39 is 11.1 Å². The lowest BCUT2D eigenvalue weighted by Gasteiger charge is -2.08. The molecule has 6 nitrogen and oxygen atoms in total. The summed E-state index contributed by atoms with van der Waals surface area (Å²) in [5.74, 6) is 0.732. The molecule has 1 aromatic heterocycles. The highest BCUT2D eigenvalue weighted by Gasteiger charge is 2.02. The maximum atomic E-state index is 11.7. The minimum absolute atomic E-state index is 0.448. The third kappa shape index (κ3) is 3.28. The number of hydrogen-bond donors (Lipinski definition) is 1. The largest absolute Gasteiger partial charge is 0.494 e. The van der Waals surface area contributed by atoms with Gasteiger partial charge in [0.25, 0.3) is 0 Å². The summed E-state index contributed by atoms with van der Waals surface area (Å²) in [6.45, 7) is 0.912. The number of rotatable bonds is 5. The van der Waals surface area contributed by atoms with Crippen molar-refractivity contribution in [1.82, 2.24) is 9.13 Å². The van der Waals surface area contributed by atoms with Crippen LogP contribution in [0.1, 0.15) is 6.42 Å². The molecule has 2 N–H and O–H groups in total. The number of nitrogens with two attached hydrogens (primary N) is 1. The smallest absolute Gasteiger partial charge is 0.316 e. The SMILES string of the molecule is Cn1ccn(CCCOc2ccc(N)cc2)c(=O)c1=O. The van der Waals surface area contributed by atoms with Crippen molar-refractivity contribution >= 4 is 5.69 Å². The fourth-order valence-corrected chi connectivity index (χ4v) is 1.75. The van der Waals surface area contributed by atoms with Crippen LogP contribution >= 0.6 is 0 Å².